The zero-order chi connectivity index (χ0) is 11.8. The SMILES string of the molecule is CCCNCc1cc(C)ccc1SCCO. The molecule has 0 saturated heterocycles. The molecule has 2 N–H and O–H groups in total. The Bertz CT molecular complexity index is 315. The average Bonchev–Trinajstić information content (AvgIpc) is 2.28. The number of aliphatic hydroxyl groups is 1. The van der Waals surface area contributed by atoms with Gasteiger partial charge in [0, 0.05) is 17.2 Å². The van der Waals surface area contributed by atoms with Crippen LogP contribution >= 0.6 is 11.8 Å². The molecule has 0 aromatic heterocycles. The summed E-state index contributed by atoms with van der Waals surface area (Å²) < 4.78 is 0. The predicted octanol–water partition coefficient (Wildman–Crippen LogP) is 2.58. The van der Waals surface area contributed by atoms with Crippen LogP contribution in [0.25, 0.3) is 0 Å². The Kier molecular flexibility index (Phi) is 6.53. The molecule has 0 bridgehead atoms. The van der Waals surface area contributed by atoms with E-state index in [2.05, 4.69) is 37.4 Å². The smallest absolute Gasteiger partial charge is 0.0525 e. The van der Waals surface area contributed by atoms with E-state index in [1.54, 1.807) is 11.8 Å². The van der Waals surface area contributed by atoms with Gasteiger partial charge in [0.15, 0.2) is 0 Å². The molecule has 0 aliphatic rings. The second-order valence-electron chi connectivity index (χ2n) is 3.86. The number of aliphatic hydroxyl groups excluding tert-OH is 1. The van der Waals surface area contributed by atoms with Crippen molar-refractivity contribution in [3.8, 4) is 0 Å². The average molecular weight is 239 g/mol. The summed E-state index contributed by atoms with van der Waals surface area (Å²) in [5, 5.41) is 12.3. The second-order valence-corrected chi connectivity index (χ2v) is 5.00. The van der Waals surface area contributed by atoms with Crippen molar-refractivity contribution >= 4 is 11.8 Å². The fourth-order valence-corrected chi connectivity index (χ4v) is 2.33. The first-order chi connectivity index (χ1) is 7.77. The minimum absolute atomic E-state index is 0.236. The Labute approximate surface area is 102 Å². The maximum atomic E-state index is 8.85. The van der Waals surface area contributed by atoms with Gasteiger partial charge >= 0.3 is 0 Å². The monoisotopic (exact) mass is 239 g/mol. The van der Waals surface area contributed by atoms with Gasteiger partial charge in [-0.3, -0.25) is 0 Å². The topological polar surface area (TPSA) is 32.3 Å². The normalized spacial score (nSPS) is 10.7. The van der Waals surface area contributed by atoms with Gasteiger partial charge in [0.05, 0.1) is 6.61 Å². The first-order valence-electron chi connectivity index (χ1n) is 5.81. The lowest BCUT2D eigenvalue weighted by Gasteiger charge is -2.10. The molecule has 0 fully saturated rings. The van der Waals surface area contributed by atoms with E-state index in [1.807, 2.05) is 0 Å². The first kappa shape index (κ1) is 13.6. The van der Waals surface area contributed by atoms with Crippen LogP contribution in [0.4, 0.5) is 0 Å². The zero-order valence-electron chi connectivity index (χ0n) is 10.1. The Morgan fingerprint density at radius 3 is 2.88 bits per heavy atom. The summed E-state index contributed by atoms with van der Waals surface area (Å²) in [5.41, 5.74) is 2.63. The molecule has 3 heteroatoms. The molecule has 1 aromatic rings. The number of nitrogens with one attached hydrogen (secondary N) is 1. The van der Waals surface area contributed by atoms with Gasteiger partial charge in [0.2, 0.25) is 0 Å². The van der Waals surface area contributed by atoms with Crippen LogP contribution in [0.5, 0.6) is 0 Å². The minimum atomic E-state index is 0.236. The molecular weight excluding hydrogens is 218 g/mol. The molecule has 0 aliphatic carbocycles. The number of hydrogen-bond donors (Lipinski definition) is 2. The van der Waals surface area contributed by atoms with Gasteiger partial charge in [-0.2, -0.15) is 0 Å². The molecule has 0 unspecified atom stereocenters. The van der Waals surface area contributed by atoms with Gasteiger partial charge < -0.3 is 10.4 Å². The van der Waals surface area contributed by atoms with Crippen LogP contribution in [0.1, 0.15) is 24.5 Å². The summed E-state index contributed by atoms with van der Waals surface area (Å²) in [5.74, 6) is 0.768. The maximum absolute atomic E-state index is 8.85. The van der Waals surface area contributed by atoms with E-state index in [4.69, 9.17) is 5.11 Å². The molecule has 0 saturated carbocycles. The molecule has 1 aromatic carbocycles. The molecule has 90 valence electrons. The summed E-state index contributed by atoms with van der Waals surface area (Å²) in [6.07, 6.45) is 1.16. The lowest BCUT2D eigenvalue weighted by atomic mass is 10.1. The van der Waals surface area contributed by atoms with Crippen LogP contribution in [0, 0.1) is 6.92 Å². The number of aryl methyl sites for hydroxylation is 1. The van der Waals surface area contributed by atoms with Crippen molar-refractivity contribution in [2.45, 2.75) is 31.7 Å². The third-order valence-electron chi connectivity index (χ3n) is 2.31. The lowest BCUT2D eigenvalue weighted by molar-refractivity contribution is 0.322. The molecule has 16 heavy (non-hydrogen) atoms. The highest BCUT2D eigenvalue weighted by atomic mass is 32.2. The molecule has 2 nitrogen and oxygen atoms in total. The van der Waals surface area contributed by atoms with E-state index in [0.29, 0.717) is 0 Å². The first-order valence-corrected chi connectivity index (χ1v) is 6.80. The van der Waals surface area contributed by atoms with Gasteiger partial charge in [-0.25, -0.2) is 0 Å². The van der Waals surface area contributed by atoms with Crippen molar-refractivity contribution in [2.24, 2.45) is 0 Å². The lowest BCUT2D eigenvalue weighted by Crippen LogP contribution is -2.14. The van der Waals surface area contributed by atoms with Crippen molar-refractivity contribution < 1.29 is 5.11 Å². The van der Waals surface area contributed by atoms with E-state index in [9.17, 15) is 0 Å². The Balaban J connectivity index is 2.65. The zero-order valence-corrected chi connectivity index (χ0v) is 10.9. The summed E-state index contributed by atoms with van der Waals surface area (Å²) in [6, 6.07) is 6.50. The van der Waals surface area contributed by atoms with E-state index < -0.39 is 0 Å². The summed E-state index contributed by atoms with van der Waals surface area (Å²) in [4.78, 5) is 1.28. The van der Waals surface area contributed by atoms with Crippen molar-refractivity contribution in [3.05, 3.63) is 29.3 Å². The van der Waals surface area contributed by atoms with Crippen molar-refractivity contribution in [1.82, 2.24) is 5.32 Å². The summed E-state index contributed by atoms with van der Waals surface area (Å²) in [7, 11) is 0. The summed E-state index contributed by atoms with van der Waals surface area (Å²) >= 11 is 1.72. The van der Waals surface area contributed by atoms with Gasteiger partial charge in [-0.15, -0.1) is 11.8 Å². The Morgan fingerprint density at radius 1 is 1.38 bits per heavy atom. The van der Waals surface area contributed by atoms with E-state index in [0.717, 1.165) is 25.3 Å². The quantitative estimate of drug-likeness (QED) is 0.566. The number of rotatable bonds is 7. The van der Waals surface area contributed by atoms with E-state index in [-0.39, 0.29) is 6.61 Å². The fraction of sp³-hybridized carbons (Fsp3) is 0.538. The fourth-order valence-electron chi connectivity index (χ4n) is 1.54. The molecular formula is C13H21NOS. The number of benzene rings is 1. The Hall–Kier alpha value is -0.510. The van der Waals surface area contributed by atoms with Crippen LogP contribution in [0.3, 0.4) is 0 Å². The van der Waals surface area contributed by atoms with E-state index >= 15 is 0 Å². The van der Waals surface area contributed by atoms with Gasteiger partial charge in [0.1, 0.15) is 0 Å². The van der Waals surface area contributed by atoms with Crippen LogP contribution < -0.4 is 5.32 Å². The minimum Gasteiger partial charge on any atom is -0.396 e. The Morgan fingerprint density at radius 2 is 2.19 bits per heavy atom. The van der Waals surface area contributed by atoms with Gasteiger partial charge in [-0.05, 0) is 31.5 Å². The van der Waals surface area contributed by atoms with Crippen LogP contribution in [-0.4, -0.2) is 24.0 Å². The molecule has 0 aliphatic heterocycles. The van der Waals surface area contributed by atoms with Gasteiger partial charge in [0.25, 0.3) is 0 Å². The maximum Gasteiger partial charge on any atom is 0.0525 e. The van der Waals surface area contributed by atoms with Gasteiger partial charge in [-0.1, -0.05) is 24.6 Å². The largest absolute Gasteiger partial charge is 0.396 e. The van der Waals surface area contributed by atoms with Crippen LogP contribution in [0.2, 0.25) is 0 Å². The van der Waals surface area contributed by atoms with E-state index in [1.165, 1.54) is 16.0 Å². The molecule has 0 atom stereocenters. The van der Waals surface area contributed by atoms with Crippen LogP contribution in [-0.2, 0) is 6.54 Å². The molecule has 0 amide bonds. The molecule has 0 radical (unpaired) electrons. The highest BCUT2D eigenvalue weighted by Crippen LogP contribution is 2.23. The highest BCUT2D eigenvalue weighted by molar-refractivity contribution is 7.99. The summed E-state index contributed by atoms with van der Waals surface area (Å²) in [6.45, 7) is 6.50. The van der Waals surface area contributed by atoms with Crippen molar-refractivity contribution in [3.63, 3.8) is 0 Å². The number of hydrogen-bond acceptors (Lipinski definition) is 3. The van der Waals surface area contributed by atoms with Crippen LogP contribution in [0.15, 0.2) is 23.1 Å². The highest BCUT2D eigenvalue weighted by Gasteiger charge is 2.02. The van der Waals surface area contributed by atoms with Crippen molar-refractivity contribution in [2.75, 3.05) is 18.9 Å². The standard InChI is InChI=1S/C13H21NOS/c1-3-6-14-10-12-9-11(2)4-5-13(12)16-8-7-15/h4-5,9,14-15H,3,6-8,10H2,1-2H3. The predicted molar refractivity (Wildman–Crippen MR) is 71.0 cm³/mol. The van der Waals surface area contributed by atoms with Crippen molar-refractivity contribution in [1.29, 1.82) is 0 Å². The number of thioether (sulfide) groups is 1. The molecule has 0 heterocycles. The second kappa shape index (κ2) is 7.71. The molecule has 1 rings (SSSR count). The third-order valence-corrected chi connectivity index (χ3v) is 3.40. The third kappa shape index (κ3) is 4.56. The molecule has 0 spiro atoms.